The van der Waals surface area contributed by atoms with Gasteiger partial charge in [0, 0.05) is 0 Å². The van der Waals surface area contributed by atoms with Crippen LogP contribution in [0.3, 0.4) is 0 Å². The molecule has 0 fully saturated rings. The van der Waals surface area contributed by atoms with Crippen LogP contribution >= 0.6 is 0 Å². The third-order valence-corrected chi connectivity index (χ3v) is 3.43. The molecule has 0 bridgehead atoms. The number of aliphatic hydroxyl groups excluding tert-OH is 1. The van der Waals surface area contributed by atoms with Crippen LogP contribution in [0, 0.1) is 16.7 Å². The zero-order chi connectivity index (χ0) is 15.9. The summed E-state index contributed by atoms with van der Waals surface area (Å²) in [7, 11) is 1.59. The van der Waals surface area contributed by atoms with Crippen LogP contribution in [0.25, 0.3) is 0 Å². The van der Waals surface area contributed by atoms with Gasteiger partial charge >= 0.3 is 0 Å². The summed E-state index contributed by atoms with van der Waals surface area (Å²) in [5, 5.41) is 18.5. The highest BCUT2D eigenvalue weighted by atomic mass is 16.5. The molecule has 4 heteroatoms. The van der Waals surface area contributed by atoms with Gasteiger partial charge < -0.3 is 14.6 Å². The van der Waals surface area contributed by atoms with Crippen molar-refractivity contribution in [2.75, 3.05) is 13.7 Å². The van der Waals surface area contributed by atoms with E-state index in [4.69, 9.17) is 14.7 Å². The summed E-state index contributed by atoms with van der Waals surface area (Å²) in [6.45, 7) is 6.20. The number of methoxy groups -OCH3 is 1. The van der Waals surface area contributed by atoms with E-state index in [1.165, 1.54) is 0 Å². The zero-order valence-electron chi connectivity index (χ0n) is 13.3. The van der Waals surface area contributed by atoms with Crippen LogP contribution in [0.15, 0.2) is 18.2 Å². The second kappa shape index (κ2) is 7.90. The van der Waals surface area contributed by atoms with Crippen molar-refractivity contribution in [2.45, 2.75) is 46.1 Å². The quantitative estimate of drug-likeness (QED) is 0.739. The predicted molar refractivity (Wildman–Crippen MR) is 82.4 cm³/mol. The summed E-state index contributed by atoms with van der Waals surface area (Å²) in [4.78, 5) is 0. The first kappa shape index (κ1) is 17.3. The van der Waals surface area contributed by atoms with E-state index in [0.29, 0.717) is 18.1 Å². The van der Waals surface area contributed by atoms with Crippen molar-refractivity contribution in [3.05, 3.63) is 23.8 Å². The van der Waals surface area contributed by atoms with E-state index in [2.05, 4.69) is 6.07 Å². The van der Waals surface area contributed by atoms with Gasteiger partial charge in [0.05, 0.1) is 31.3 Å². The molecule has 116 valence electrons. The zero-order valence-corrected chi connectivity index (χ0v) is 13.3. The third kappa shape index (κ3) is 5.65. The van der Waals surface area contributed by atoms with Gasteiger partial charge in [-0.1, -0.05) is 6.07 Å². The second-order valence-electron chi connectivity index (χ2n) is 5.89. The van der Waals surface area contributed by atoms with Gasteiger partial charge in [0.2, 0.25) is 0 Å². The molecule has 0 aliphatic rings. The number of unbranched alkanes of at least 4 members (excludes halogenated alkanes) is 1. The molecule has 1 aromatic rings. The molecule has 1 N–H and O–H groups in total. The molecule has 0 saturated carbocycles. The van der Waals surface area contributed by atoms with Crippen molar-refractivity contribution in [1.29, 1.82) is 5.26 Å². The topological polar surface area (TPSA) is 62.5 Å². The molecule has 0 saturated heterocycles. The predicted octanol–water partition coefficient (Wildman–Crippen LogP) is 3.85. The van der Waals surface area contributed by atoms with Crippen molar-refractivity contribution in [2.24, 2.45) is 5.41 Å². The Labute approximate surface area is 127 Å². The van der Waals surface area contributed by atoms with Gasteiger partial charge in [-0.3, -0.25) is 0 Å². The largest absolute Gasteiger partial charge is 0.493 e. The lowest BCUT2D eigenvalue weighted by Crippen LogP contribution is -2.08. The Morgan fingerprint density at radius 2 is 2.00 bits per heavy atom. The monoisotopic (exact) mass is 291 g/mol. The standard InChI is InChI=1S/C17H25NO3/c1-13(19)14-7-8-15(16(11-14)20-4)21-10-6-5-9-17(2,3)12-18/h7-8,11,13,19H,5-6,9-10H2,1-4H3/t13-/m0/s1. The molecule has 0 spiro atoms. The third-order valence-electron chi connectivity index (χ3n) is 3.43. The van der Waals surface area contributed by atoms with E-state index in [1.807, 2.05) is 26.0 Å². The maximum atomic E-state index is 9.56. The first-order valence-corrected chi connectivity index (χ1v) is 7.29. The van der Waals surface area contributed by atoms with Crippen LogP contribution in [-0.4, -0.2) is 18.8 Å². The minimum Gasteiger partial charge on any atom is -0.493 e. The average Bonchev–Trinajstić information content (AvgIpc) is 2.46. The molecule has 0 aromatic heterocycles. The molecular weight excluding hydrogens is 266 g/mol. The van der Waals surface area contributed by atoms with Crippen LogP contribution in [0.4, 0.5) is 0 Å². The van der Waals surface area contributed by atoms with Crippen LogP contribution in [-0.2, 0) is 0 Å². The van der Waals surface area contributed by atoms with Crippen molar-refractivity contribution in [3.63, 3.8) is 0 Å². The number of hydrogen-bond acceptors (Lipinski definition) is 4. The Kier molecular flexibility index (Phi) is 6.51. The van der Waals surface area contributed by atoms with Gasteiger partial charge in [-0.2, -0.15) is 5.26 Å². The van der Waals surface area contributed by atoms with Gasteiger partial charge in [0.25, 0.3) is 0 Å². The minimum absolute atomic E-state index is 0.267. The van der Waals surface area contributed by atoms with E-state index in [9.17, 15) is 5.11 Å². The summed E-state index contributed by atoms with van der Waals surface area (Å²) in [5.74, 6) is 1.31. The van der Waals surface area contributed by atoms with Gasteiger partial charge in [-0.15, -0.1) is 0 Å². The number of hydrogen-bond donors (Lipinski definition) is 1. The first-order valence-electron chi connectivity index (χ1n) is 7.29. The van der Waals surface area contributed by atoms with Gasteiger partial charge in [0.1, 0.15) is 0 Å². The fraction of sp³-hybridized carbons (Fsp3) is 0.588. The molecule has 0 unspecified atom stereocenters. The Morgan fingerprint density at radius 1 is 1.29 bits per heavy atom. The molecule has 0 amide bonds. The van der Waals surface area contributed by atoms with Gasteiger partial charge in [0.15, 0.2) is 11.5 Å². The smallest absolute Gasteiger partial charge is 0.161 e. The molecular formula is C17H25NO3. The summed E-state index contributed by atoms with van der Waals surface area (Å²) in [5.41, 5.74) is 0.534. The molecule has 0 radical (unpaired) electrons. The second-order valence-corrected chi connectivity index (χ2v) is 5.89. The Bertz CT molecular complexity index is 489. The first-order chi connectivity index (χ1) is 9.89. The number of rotatable bonds is 8. The normalized spacial score (nSPS) is 12.6. The van der Waals surface area contributed by atoms with Crippen LogP contribution in [0.1, 0.15) is 51.7 Å². The molecule has 0 aliphatic heterocycles. The fourth-order valence-electron chi connectivity index (χ4n) is 1.97. The van der Waals surface area contributed by atoms with Gasteiger partial charge in [-0.25, -0.2) is 0 Å². The van der Waals surface area contributed by atoms with Crippen LogP contribution in [0.2, 0.25) is 0 Å². The van der Waals surface area contributed by atoms with E-state index >= 15 is 0 Å². The maximum absolute atomic E-state index is 9.56. The van der Waals surface area contributed by atoms with Crippen molar-refractivity contribution in [1.82, 2.24) is 0 Å². The summed E-state index contributed by atoms with van der Waals surface area (Å²) in [6.07, 6.45) is 2.19. The summed E-state index contributed by atoms with van der Waals surface area (Å²) < 4.78 is 11.0. The number of aliphatic hydroxyl groups is 1. The highest BCUT2D eigenvalue weighted by Crippen LogP contribution is 2.30. The molecule has 0 aliphatic carbocycles. The highest BCUT2D eigenvalue weighted by molar-refractivity contribution is 5.43. The fourth-order valence-corrected chi connectivity index (χ4v) is 1.97. The minimum atomic E-state index is -0.527. The number of benzene rings is 1. The van der Waals surface area contributed by atoms with Gasteiger partial charge in [-0.05, 0) is 57.7 Å². The summed E-state index contributed by atoms with van der Waals surface area (Å²) in [6, 6.07) is 7.75. The Hall–Kier alpha value is -1.73. The average molecular weight is 291 g/mol. The molecule has 1 aromatic carbocycles. The number of nitrogens with zero attached hydrogens (tertiary/aromatic N) is 1. The molecule has 4 nitrogen and oxygen atoms in total. The number of nitriles is 1. The highest BCUT2D eigenvalue weighted by Gasteiger charge is 2.15. The lowest BCUT2D eigenvalue weighted by atomic mass is 9.89. The Morgan fingerprint density at radius 3 is 2.57 bits per heavy atom. The van der Waals surface area contributed by atoms with E-state index in [-0.39, 0.29) is 5.41 Å². The molecule has 0 heterocycles. The lowest BCUT2D eigenvalue weighted by Gasteiger charge is -2.15. The Balaban J connectivity index is 2.47. The van der Waals surface area contributed by atoms with Crippen LogP contribution < -0.4 is 9.47 Å². The van der Waals surface area contributed by atoms with E-state index in [1.54, 1.807) is 20.1 Å². The SMILES string of the molecule is COc1cc([C@H](C)O)ccc1OCCCCC(C)(C)C#N. The molecule has 1 atom stereocenters. The van der Waals surface area contributed by atoms with Crippen molar-refractivity contribution >= 4 is 0 Å². The maximum Gasteiger partial charge on any atom is 0.161 e. The molecule has 21 heavy (non-hydrogen) atoms. The summed E-state index contributed by atoms with van der Waals surface area (Å²) >= 11 is 0. The van der Waals surface area contributed by atoms with E-state index < -0.39 is 6.10 Å². The van der Waals surface area contributed by atoms with E-state index in [0.717, 1.165) is 24.8 Å². The number of ether oxygens (including phenoxy) is 2. The van der Waals surface area contributed by atoms with Crippen LogP contribution in [0.5, 0.6) is 11.5 Å². The molecule has 1 rings (SSSR count). The van der Waals surface area contributed by atoms with Crippen molar-refractivity contribution < 1.29 is 14.6 Å². The van der Waals surface area contributed by atoms with Crippen molar-refractivity contribution in [3.8, 4) is 17.6 Å². The lowest BCUT2D eigenvalue weighted by molar-refractivity contribution is 0.198.